The first kappa shape index (κ1) is 14.0. The maximum absolute atomic E-state index is 11.9. The highest BCUT2D eigenvalue weighted by molar-refractivity contribution is 5.79. The first-order valence-electron chi connectivity index (χ1n) is 6.18. The number of likely N-dealkylation sites (N-methyl/N-ethyl adjacent to an activating group) is 1. The summed E-state index contributed by atoms with van der Waals surface area (Å²) in [6.07, 6.45) is 2.46. The molecule has 0 aromatic heterocycles. The van der Waals surface area contributed by atoms with Crippen LogP contribution in [0.4, 0.5) is 0 Å². The maximum atomic E-state index is 11.9. The lowest BCUT2D eigenvalue weighted by molar-refractivity contribution is -0.131. The van der Waals surface area contributed by atoms with E-state index in [0.717, 1.165) is 19.4 Å². The summed E-state index contributed by atoms with van der Waals surface area (Å²) in [5.74, 6) is -0.253. The van der Waals surface area contributed by atoms with E-state index in [1.165, 1.54) is 0 Å². The largest absolute Gasteiger partial charge is 0.370 e. The van der Waals surface area contributed by atoms with Crippen molar-refractivity contribution in [3.63, 3.8) is 0 Å². The number of carbonyl (C=O) groups is 2. The maximum Gasteiger partial charge on any atom is 0.236 e. The van der Waals surface area contributed by atoms with Gasteiger partial charge in [-0.2, -0.15) is 0 Å². The fourth-order valence-electron chi connectivity index (χ4n) is 1.94. The molecule has 2 amide bonds. The van der Waals surface area contributed by atoms with Crippen LogP contribution in [0.15, 0.2) is 0 Å². The van der Waals surface area contributed by atoms with Gasteiger partial charge in [0.15, 0.2) is 0 Å². The highest BCUT2D eigenvalue weighted by Crippen LogP contribution is 2.26. The molecule has 0 radical (unpaired) electrons. The second kappa shape index (κ2) is 5.49. The summed E-state index contributed by atoms with van der Waals surface area (Å²) in [5.41, 5.74) is 4.73. The Morgan fingerprint density at radius 1 is 1.41 bits per heavy atom. The molecule has 0 aromatic rings. The predicted octanol–water partition coefficient (Wildman–Crippen LogP) is 0.241. The van der Waals surface area contributed by atoms with Crippen molar-refractivity contribution in [1.82, 2.24) is 10.2 Å². The average Bonchev–Trinajstić information content (AvgIpc) is 2.98. The van der Waals surface area contributed by atoms with Crippen LogP contribution in [0, 0.1) is 0 Å². The molecule has 0 heterocycles. The zero-order chi connectivity index (χ0) is 13.1. The average molecular weight is 241 g/mol. The van der Waals surface area contributed by atoms with Crippen LogP contribution in [-0.2, 0) is 9.59 Å². The minimum atomic E-state index is -0.426. The number of carbonyl (C=O) groups excluding carboxylic acids is 2. The molecule has 0 saturated heterocycles. The highest BCUT2D eigenvalue weighted by Gasteiger charge is 2.31. The minimum Gasteiger partial charge on any atom is -0.370 e. The Morgan fingerprint density at radius 2 is 2.00 bits per heavy atom. The van der Waals surface area contributed by atoms with Gasteiger partial charge in [-0.1, -0.05) is 0 Å². The fraction of sp³-hybridized carbons (Fsp3) is 0.833. The molecule has 0 spiro atoms. The Kier molecular flexibility index (Phi) is 4.51. The van der Waals surface area contributed by atoms with Crippen molar-refractivity contribution in [1.29, 1.82) is 0 Å². The molecular weight excluding hydrogens is 218 g/mol. The molecule has 1 aliphatic carbocycles. The normalized spacial score (nSPS) is 15.7. The van der Waals surface area contributed by atoms with Gasteiger partial charge >= 0.3 is 0 Å². The van der Waals surface area contributed by atoms with Crippen molar-refractivity contribution in [3.05, 3.63) is 0 Å². The molecule has 0 unspecified atom stereocenters. The molecule has 1 aliphatic rings. The van der Waals surface area contributed by atoms with Gasteiger partial charge in [0.25, 0.3) is 0 Å². The smallest absolute Gasteiger partial charge is 0.236 e. The van der Waals surface area contributed by atoms with E-state index in [4.69, 9.17) is 5.73 Å². The lowest BCUT2D eigenvalue weighted by atomic mass is 10.0. The van der Waals surface area contributed by atoms with Gasteiger partial charge in [0, 0.05) is 24.5 Å². The number of primary amides is 1. The van der Waals surface area contributed by atoms with Crippen molar-refractivity contribution in [2.75, 3.05) is 13.1 Å². The lowest BCUT2D eigenvalue weighted by Gasteiger charge is -2.27. The van der Waals surface area contributed by atoms with Crippen molar-refractivity contribution in [2.24, 2.45) is 5.73 Å². The van der Waals surface area contributed by atoms with E-state index in [2.05, 4.69) is 5.32 Å². The van der Waals surface area contributed by atoms with E-state index >= 15 is 0 Å². The fourth-order valence-corrected chi connectivity index (χ4v) is 1.94. The summed E-state index contributed by atoms with van der Waals surface area (Å²) < 4.78 is 0. The van der Waals surface area contributed by atoms with Crippen LogP contribution in [0.5, 0.6) is 0 Å². The molecule has 0 atom stereocenters. The molecule has 0 bridgehead atoms. The van der Waals surface area contributed by atoms with E-state index in [9.17, 15) is 9.59 Å². The second-order valence-corrected chi connectivity index (χ2v) is 5.29. The van der Waals surface area contributed by atoms with Crippen molar-refractivity contribution >= 4 is 11.8 Å². The van der Waals surface area contributed by atoms with E-state index in [1.54, 1.807) is 0 Å². The molecule has 17 heavy (non-hydrogen) atoms. The van der Waals surface area contributed by atoms with Gasteiger partial charge in [-0.3, -0.25) is 9.59 Å². The van der Waals surface area contributed by atoms with Crippen LogP contribution in [0.2, 0.25) is 0 Å². The van der Waals surface area contributed by atoms with Gasteiger partial charge in [-0.15, -0.1) is 0 Å². The van der Waals surface area contributed by atoms with E-state index in [0.29, 0.717) is 6.04 Å². The minimum absolute atomic E-state index is 0.104. The highest BCUT2D eigenvalue weighted by atomic mass is 16.2. The first-order valence-corrected chi connectivity index (χ1v) is 6.18. The van der Waals surface area contributed by atoms with Gasteiger partial charge in [-0.05, 0) is 33.6 Å². The quantitative estimate of drug-likeness (QED) is 0.670. The third-order valence-corrected chi connectivity index (χ3v) is 2.98. The summed E-state index contributed by atoms with van der Waals surface area (Å²) in [6, 6.07) is 0.438. The van der Waals surface area contributed by atoms with Crippen molar-refractivity contribution < 1.29 is 9.59 Å². The Hall–Kier alpha value is -1.10. The number of hydrogen-bond donors (Lipinski definition) is 2. The van der Waals surface area contributed by atoms with Crippen LogP contribution in [0.3, 0.4) is 0 Å². The molecule has 1 fully saturated rings. The molecule has 1 saturated carbocycles. The molecule has 1 rings (SSSR count). The summed E-state index contributed by atoms with van der Waals surface area (Å²) in [7, 11) is 0. The van der Waals surface area contributed by atoms with E-state index in [1.807, 2.05) is 25.7 Å². The SMILES string of the molecule is CCN(C(=O)CNC(C)(C)CC(N)=O)C1CC1. The van der Waals surface area contributed by atoms with Crippen LogP contribution < -0.4 is 11.1 Å². The number of rotatable bonds is 7. The third-order valence-electron chi connectivity index (χ3n) is 2.98. The van der Waals surface area contributed by atoms with Crippen LogP contribution in [0.25, 0.3) is 0 Å². The van der Waals surface area contributed by atoms with Crippen LogP contribution in [-0.4, -0.2) is 41.4 Å². The second-order valence-electron chi connectivity index (χ2n) is 5.29. The molecule has 0 aliphatic heterocycles. The van der Waals surface area contributed by atoms with E-state index in [-0.39, 0.29) is 24.8 Å². The number of amides is 2. The molecule has 3 N–H and O–H groups in total. The van der Waals surface area contributed by atoms with Gasteiger partial charge in [0.2, 0.25) is 11.8 Å². The Bertz CT molecular complexity index is 298. The number of nitrogens with two attached hydrogens (primary N) is 1. The summed E-state index contributed by atoms with van der Waals surface area (Å²) in [4.78, 5) is 24.7. The third kappa shape index (κ3) is 4.73. The number of hydrogen-bond acceptors (Lipinski definition) is 3. The standard InChI is InChI=1S/C12H23N3O2/c1-4-15(9-5-6-9)11(17)8-14-12(2,3)7-10(13)16/h9,14H,4-8H2,1-3H3,(H2,13,16). The zero-order valence-corrected chi connectivity index (χ0v) is 11.0. The Morgan fingerprint density at radius 3 is 2.41 bits per heavy atom. The summed E-state index contributed by atoms with van der Waals surface area (Å²) in [5, 5.41) is 3.10. The van der Waals surface area contributed by atoms with Gasteiger partial charge in [0.05, 0.1) is 6.54 Å². The molecule has 98 valence electrons. The summed E-state index contributed by atoms with van der Waals surface area (Å²) in [6.45, 7) is 6.76. The summed E-state index contributed by atoms with van der Waals surface area (Å²) >= 11 is 0. The van der Waals surface area contributed by atoms with Crippen molar-refractivity contribution in [2.45, 2.75) is 51.6 Å². The first-order chi connectivity index (χ1) is 7.85. The Labute approximate surface area is 103 Å². The van der Waals surface area contributed by atoms with E-state index < -0.39 is 5.54 Å². The number of nitrogens with zero attached hydrogens (tertiary/aromatic N) is 1. The van der Waals surface area contributed by atoms with Crippen LogP contribution >= 0.6 is 0 Å². The van der Waals surface area contributed by atoms with Crippen LogP contribution in [0.1, 0.15) is 40.0 Å². The van der Waals surface area contributed by atoms with Gasteiger partial charge < -0.3 is 16.0 Å². The van der Waals surface area contributed by atoms with Crippen molar-refractivity contribution in [3.8, 4) is 0 Å². The monoisotopic (exact) mass is 241 g/mol. The number of nitrogens with one attached hydrogen (secondary N) is 1. The lowest BCUT2D eigenvalue weighted by Crippen LogP contribution is -2.48. The topological polar surface area (TPSA) is 75.4 Å². The predicted molar refractivity (Wildman–Crippen MR) is 66.3 cm³/mol. The zero-order valence-electron chi connectivity index (χ0n) is 11.0. The molecular formula is C12H23N3O2. The van der Waals surface area contributed by atoms with Gasteiger partial charge in [-0.25, -0.2) is 0 Å². The molecule has 0 aromatic carbocycles. The molecule has 5 heteroatoms. The molecule has 5 nitrogen and oxygen atoms in total. The van der Waals surface area contributed by atoms with Gasteiger partial charge in [0.1, 0.15) is 0 Å². The Balaban J connectivity index is 2.38.